The van der Waals surface area contributed by atoms with E-state index < -0.39 is 0 Å². The van der Waals surface area contributed by atoms with Crippen LogP contribution in [-0.2, 0) is 6.54 Å². The zero-order valence-corrected chi connectivity index (χ0v) is 13.1. The molecule has 0 amide bonds. The first-order valence-electron chi connectivity index (χ1n) is 7.84. The van der Waals surface area contributed by atoms with Crippen LogP contribution in [0, 0.1) is 0 Å². The largest absolute Gasteiger partial charge is 0.385 e. The molecule has 1 aromatic heterocycles. The van der Waals surface area contributed by atoms with E-state index in [0.717, 1.165) is 31.4 Å². The van der Waals surface area contributed by atoms with Crippen LogP contribution in [0.5, 0.6) is 0 Å². The SMILES string of the molecule is CCNc1ccnc(CN(C)CC2CCCN2CC)c1. The lowest BCUT2D eigenvalue weighted by molar-refractivity contribution is 0.194. The molecule has 2 heterocycles. The smallest absolute Gasteiger partial charge is 0.0564 e. The molecular weight excluding hydrogens is 248 g/mol. The Hall–Kier alpha value is -1.13. The Bertz CT molecular complexity index is 407. The molecular formula is C16H28N4. The van der Waals surface area contributed by atoms with Gasteiger partial charge < -0.3 is 5.32 Å². The predicted molar refractivity (Wildman–Crippen MR) is 85.0 cm³/mol. The van der Waals surface area contributed by atoms with Gasteiger partial charge >= 0.3 is 0 Å². The summed E-state index contributed by atoms with van der Waals surface area (Å²) in [5.41, 5.74) is 2.31. The van der Waals surface area contributed by atoms with Gasteiger partial charge in [-0.3, -0.25) is 14.8 Å². The first-order valence-corrected chi connectivity index (χ1v) is 7.84. The molecule has 1 atom stereocenters. The Labute approximate surface area is 123 Å². The molecule has 0 saturated carbocycles. The number of pyridine rings is 1. The maximum Gasteiger partial charge on any atom is 0.0564 e. The quantitative estimate of drug-likeness (QED) is 0.829. The predicted octanol–water partition coefficient (Wildman–Crippen LogP) is 2.43. The molecule has 1 N–H and O–H groups in total. The van der Waals surface area contributed by atoms with Gasteiger partial charge in [0, 0.05) is 37.6 Å². The Morgan fingerprint density at radius 3 is 3.05 bits per heavy atom. The van der Waals surface area contributed by atoms with Gasteiger partial charge in [0.15, 0.2) is 0 Å². The average Bonchev–Trinajstić information content (AvgIpc) is 2.86. The Kier molecular flexibility index (Phi) is 5.80. The summed E-state index contributed by atoms with van der Waals surface area (Å²) in [5.74, 6) is 0. The highest BCUT2D eigenvalue weighted by Gasteiger charge is 2.23. The number of anilines is 1. The van der Waals surface area contributed by atoms with Crippen LogP contribution in [-0.4, -0.2) is 54.1 Å². The van der Waals surface area contributed by atoms with Crippen molar-refractivity contribution in [3.05, 3.63) is 24.0 Å². The van der Waals surface area contributed by atoms with Crippen LogP contribution in [0.4, 0.5) is 5.69 Å². The van der Waals surface area contributed by atoms with E-state index in [4.69, 9.17) is 0 Å². The van der Waals surface area contributed by atoms with Crippen LogP contribution in [0.2, 0.25) is 0 Å². The van der Waals surface area contributed by atoms with E-state index in [1.165, 1.54) is 31.6 Å². The number of rotatable bonds is 7. The van der Waals surface area contributed by atoms with Crippen molar-refractivity contribution in [3.8, 4) is 0 Å². The van der Waals surface area contributed by atoms with Crippen molar-refractivity contribution in [1.29, 1.82) is 0 Å². The Morgan fingerprint density at radius 2 is 2.30 bits per heavy atom. The first kappa shape index (κ1) is 15.3. The normalized spacial score (nSPS) is 19.7. The fourth-order valence-electron chi connectivity index (χ4n) is 3.10. The van der Waals surface area contributed by atoms with Crippen LogP contribution < -0.4 is 5.32 Å². The van der Waals surface area contributed by atoms with Crippen LogP contribution in [0.15, 0.2) is 18.3 Å². The molecule has 0 radical (unpaired) electrons. The summed E-state index contributed by atoms with van der Waals surface area (Å²) in [6.07, 6.45) is 4.58. The van der Waals surface area contributed by atoms with E-state index in [2.05, 4.69) is 47.1 Å². The molecule has 1 aliphatic heterocycles. The summed E-state index contributed by atoms with van der Waals surface area (Å²) in [6.45, 7) is 9.84. The van der Waals surface area contributed by atoms with Crippen molar-refractivity contribution >= 4 is 5.69 Å². The maximum absolute atomic E-state index is 4.48. The average molecular weight is 276 g/mol. The molecule has 0 aliphatic carbocycles. The minimum atomic E-state index is 0.724. The molecule has 1 aromatic rings. The van der Waals surface area contributed by atoms with Gasteiger partial charge in [-0.2, -0.15) is 0 Å². The van der Waals surface area contributed by atoms with Crippen molar-refractivity contribution in [2.24, 2.45) is 0 Å². The third kappa shape index (κ3) is 4.18. The third-order valence-corrected chi connectivity index (χ3v) is 4.06. The van der Waals surface area contributed by atoms with Crippen LogP contribution in [0.25, 0.3) is 0 Å². The molecule has 112 valence electrons. The van der Waals surface area contributed by atoms with E-state index in [1.807, 2.05) is 12.3 Å². The Morgan fingerprint density at radius 1 is 1.45 bits per heavy atom. The lowest BCUT2D eigenvalue weighted by Gasteiger charge is -2.27. The molecule has 2 rings (SSSR count). The summed E-state index contributed by atoms with van der Waals surface area (Å²) in [4.78, 5) is 9.48. The molecule has 4 heteroatoms. The number of likely N-dealkylation sites (tertiary alicyclic amines) is 1. The van der Waals surface area contributed by atoms with E-state index in [-0.39, 0.29) is 0 Å². The standard InChI is InChI=1S/C16H28N4/c1-4-17-14-8-9-18-15(11-14)12-19(3)13-16-7-6-10-20(16)5-2/h8-9,11,16H,4-7,10,12-13H2,1-3H3,(H,17,18). The first-order chi connectivity index (χ1) is 9.72. The molecule has 0 bridgehead atoms. The van der Waals surface area contributed by atoms with Crippen molar-refractivity contribution in [2.75, 3.05) is 38.5 Å². The topological polar surface area (TPSA) is 31.4 Å². The van der Waals surface area contributed by atoms with Gasteiger partial charge in [-0.1, -0.05) is 6.92 Å². The fourth-order valence-corrected chi connectivity index (χ4v) is 3.10. The third-order valence-electron chi connectivity index (χ3n) is 4.06. The minimum absolute atomic E-state index is 0.724. The second-order valence-electron chi connectivity index (χ2n) is 5.69. The highest BCUT2D eigenvalue weighted by Crippen LogP contribution is 2.18. The van der Waals surface area contributed by atoms with E-state index in [0.29, 0.717) is 0 Å². The van der Waals surface area contributed by atoms with Crippen LogP contribution in [0.1, 0.15) is 32.4 Å². The zero-order chi connectivity index (χ0) is 14.4. The van der Waals surface area contributed by atoms with Crippen LogP contribution in [0.3, 0.4) is 0 Å². The lowest BCUT2D eigenvalue weighted by atomic mass is 10.2. The summed E-state index contributed by atoms with van der Waals surface area (Å²) >= 11 is 0. The molecule has 1 unspecified atom stereocenters. The summed E-state index contributed by atoms with van der Waals surface area (Å²) in [7, 11) is 2.20. The maximum atomic E-state index is 4.48. The number of nitrogens with zero attached hydrogens (tertiary/aromatic N) is 3. The van der Waals surface area contributed by atoms with Crippen molar-refractivity contribution in [3.63, 3.8) is 0 Å². The number of nitrogens with one attached hydrogen (secondary N) is 1. The van der Waals surface area contributed by atoms with Gasteiger partial charge in [-0.15, -0.1) is 0 Å². The zero-order valence-electron chi connectivity index (χ0n) is 13.1. The second kappa shape index (κ2) is 7.60. The van der Waals surface area contributed by atoms with E-state index >= 15 is 0 Å². The van der Waals surface area contributed by atoms with Crippen molar-refractivity contribution in [2.45, 2.75) is 39.3 Å². The van der Waals surface area contributed by atoms with E-state index in [1.54, 1.807) is 0 Å². The van der Waals surface area contributed by atoms with Gasteiger partial charge in [-0.25, -0.2) is 0 Å². The van der Waals surface area contributed by atoms with Gasteiger partial charge in [0.05, 0.1) is 5.69 Å². The lowest BCUT2D eigenvalue weighted by Crippen LogP contribution is -2.38. The minimum Gasteiger partial charge on any atom is -0.385 e. The second-order valence-corrected chi connectivity index (χ2v) is 5.69. The van der Waals surface area contributed by atoms with E-state index in [9.17, 15) is 0 Å². The molecule has 0 spiro atoms. The number of hydrogen-bond acceptors (Lipinski definition) is 4. The molecule has 20 heavy (non-hydrogen) atoms. The molecule has 1 aliphatic rings. The van der Waals surface area contributed by atoms with Gasteiger partial charge in [0.25, 0.3) is 0 Å². The number of hydrogen-bond donors (Lipinski definition) is 1. The number of likely N-dealkylation sites (N-methyl/N-ethyl adjacent to an activating group) is 2. The summed E-state index contributed by atoms with van der Waals surface area (Å²) in [5, 5.41) is 3.34. The molecule has 0 aromatic carbocycles. The molecule has 1 fully saturated rings. The molecule has 4 nitrogen and oxygen atoms in total. The van der Waals surface area contributed by atoms with Crippen molar-refractivity contribution in [1.82, 2.24) is 14.8 Å². The fraction of sp³-hybridized carbons (Fsp3) is 0.688. The summed E-state index contributed by atoms with van der Waals surface area (Å²) < 4.78 is 0. The Balaban J connectivity index is 1.87. The van der Waals surface area contributed by atoms with Gasteiger partial charge in [0.2, 0.25) is 0 Å². The number of aromatic nitrogens is 1. The highest BCUT2D eigenvalue weighted by atomic mass is 15.2. The molecule has 1 saturated heterocycles. The van der Waals surface area contributed by atoms with Gasteiger partial charge in [-0.05, 0) is 52.0 Å². The van der Waals surface area contributed by atoms with Crippen LogP contribution >= 0.6 is 0 Å². The van der Waals surface area contributed by atoms with Gasteiger partial charge in [0.1, 0.15) is 0 Å². The van der Waals surface area contributed by atoms with Crippen molar-refractivity contribution < 1.29 is 0 Å². The summed E-state index contributed by atoms with van der Waals surface area (Å²) in [6, 6.07) is 4.91. The monoisotopic (exact) mass is 276 g/mol. The highest BCUT2D eigenvalue weighted by molar-refractivity contribution is 5.42.